The van der Waals surface area contributed by atoms with E-state index in [0.29, 0.717) is 0 Å². The van der Waals surface area contributed by atoms with Gasteiger partial charge in [-0.1, -0.05) is 31.0 Å². The third-order valence-corrected chi connectivity index (χ3v) is 4.09. The number of hydrogen-bond acceptors (Lipinski definition) is 4. The summed E-state index contributed by atoms with van der Waals surface area (Å²) in [6, 6.07) is 0. The van der Waals surface area contributed by atoms with Crippen LogP contribution in [0.4, 0.5) is 0 Å². The Morgan fingerprint density at radius 1 is 1.35 bits per heavy atom. The van der Waals surface area contributed by atoms with Gasteiger partial charge in [-0.25, -0.2) is 4.98 Å². The van der Waals surface area contributed by atoms with E-state index in [2.05, 4.69) is 20.5 Å². The van der Waals surface area contributed by atoms with Gasteiger partial charge in [-0.15, -0.1) is 5.10 Å². The molecule has 5 heteroatoms. The van der Waals surface area contributed by atoms with E-state index >= 15 is 0 Å². The molecule has 0 radical (unpaired) electrons. The molecule has 0 atom stereocenters. The fourth-order valence-corrected chi connectivity index (χ4v) is 3.04. The van der Waals surface area contributed by atoms with E-state index in [0.717, 1.165) is 29.2 Å². The zero-order valence-electron chi connectivity index (χ0n) is 10.5. The van der Waals surface area contributed by atoms with Crippen LogP contribution in [0.15, 0.2) is 5.16 Å². The zero-order chi connectivity index (χ0) is 11.9. The van der Waals surface area contributed by atoms with Crippen LogP contribution in [0.2, 0.25) is 0 Å². The van der Waals surface area contributed by atoms with Crippen LogP contribution in [-0.4, -0.2) is 34.0 Å². The molecule has 2 rings (SSSR count). The standard InChI is InChI=1S/C12H22N4S/c1-10-14-12(16-15-10)17-8-7-13-9-11-5-3-2-4-6-11/h11,13H,2-9H2,1H3,(H,14,15,16). The molecule has 0 amide bonds. The predicted octanol–water partition coefficient (Wildman–Crippen LogP) is 2.38. The van der Waals surface area contributed by atoms with Crippen molar-refractivity contribution in [3.8, 4) is 0 Å². The summed E-state index contributed by atoms with van der Waals surface area (Å²) < 4.78 is 0. The van der Waals surface area contributed by atoms with Gasteiger partial charge in [-0.2, -0.15) is 0 Å². The highest BCUT2D eigenvalue weighted by Crippen LogP contribution is 2.22. The minimum atomic E-state index is 0.863. The largest absolute Gasteiger partial charge is 0.316 e. The molecule has 1 aromatic heterocycles. The first kappa shape index (κ1) is 12.9. The molecule has 1 saturated carbocycles. The molecule has 0 spiro atoms. The number of aryl methyl sites for hydroxylation is 1. The molecule has 1 heterocycles. The van der Waals surface area contributed by atoms with Crippen molar-refractivity contribution >= 4 is 11.8 Å². The lowest BCUT2D eigenvalue weighted by atomic mass is 9.89. The number of nitrogens with one attached hydrogen (secondary N) is 2. The van der Waals surface area contributed by atoms with Crippen LogP contribution in [0.3, 0.4) is 0 Å². The fraction of sp³-hybridized carbons (Fsp3) is 0.833. The molecular formula is C12H22N4S. The van der Waals surface area contributed by atoms with E-state index in [1.807, 2.05) is 6.92 Å². The lowest BCUT2D eigenvalue weighted by molar-refractivity contribution is 0.345. The van der Waals surface area contributed by atoms with Gasteiger partial charge in [-0.3, -0.25) is 5.10 Å². The molecule has 1 aliphatic carbocycles. The maximum absolute atomic E-state index is 4.27. The molecule has 1 aliphatic rings. The van der Waals surface area contributed by atoms with Crippen molar-refractivity contribution < 1.29 is 0 Å². The summed E-state index contributed by atoms with van der Waals surface area (Å²) in [6.45, 7) is 4.17. The fourth-order valence-electron chi connectivity index (χ4n) is 2.30. The van der Waals surface area contributed by atoms with Crippen molar-refractivity contribution in [2.75, 3.05) is 18.8 Å². The maximum atomic E-state index is 4.27. The van der Waals surface area contributed by atoms with Gasteiger partial charge < -0.3 is 5.32 Å². The van der Waals surface area contributed by atoms with Gasteiger partial charge in [-0.05, 0) is 32.2 Å². The Kier molecular flexibility index (Phi) is 5.32. The summed E-state index contributed by atoms with van der Waals surface area (Å²) in [5, 5.41) is 11.4. The Morgan fingerprint density at radius 2 is 2.18 bits per heavy atom. The Morgan fingerprint density at radius 3 is 2.88 bits per heavy atom. The first-order chi connectivity index (χ1) is 8.34. The lowest BCUT2D eigenvalue weighted by Gasteiger charge is -2.21. The van der Waals surface area contributed by atoms with E-state index in [1.165, 1.54) is 38.6 Å². The average Bonchev–Trinajstić information content (AvgIpc) is 2.76. The number of aromatic nitrogens is 3. The molecular weight excluding hydrogens is 232 g/mol. The minimum Gasteiger partial charge on any atom is -0.316 e. The molecule has 0 unspecified atom stereocenters. The first-order valence-corrected chi connectivity index (χ1v) is 7.55. The molecule has 2 N–H and O–H groups in total. The van der Waals surface area contributed by atoms with E-state index < -0.39 is 0 Å². The average molecular weight is 254 g/mol. The van der Waals surface area contributed by atoms with Gasteiger partial charge in [0.2, 0.25) is 5.16 Å². The second-order valence-corrected chi connectivity index (χ2v) is 5.82. The summed E-state index contributed by atoms with van der Waals surface area (Å²) in [5.41, 5.74) is 0. The van der Waals surface area contributed by atoms with Gasteiger partial charge in [0.1, 0.15) is 5.82 Å². The topological polar surface area (TPSA) is 53.6 Å². The maximum Gasteiger partial charge on any atom is 0.208 e. The van der Waals surface area contributed by atoms with E-state index in [1.54, 1.807) is 11.8 Å². The highest BCUT2D eigenvalue weighted by atomic mass is 32.2. The molecule has 1 fully saturated rings. The van der Waals surface area contributed by atoms with Gasteiger partial charge in [0, 0.05) is 12.3 Å². The molecule has 4 nitrogen and oxygen atoms in total. The Hall–Kier alpha value is -0.550. The smallest absolute Gasteiger partial charge is 0.208 e. The molecule has 0 bridgehead atoms. The molecule has 0 saturated heterocycles. The van der Waals surface area contributed by atoms with Crippen molar-refractivity contribution in [3.05, 3.63) is 5.82 Å². The molecule has 0 aliphatic heterocycles. The third kappa shape index (κ3) is 4.68. The van der Waals surface area contributed by atoms with Gasteiger partial charge in [0.05, 0.1) is 0 Å². The van der Waals surface area contributed by atoms with Crippen LogP contribution < -0.4 is 5.32 Å². The molecule has 1 aromatic rings. The summed E-state index contributed by atoms with van der Waals surface area (Å²) in [5.74, 6) is 2.85. The SMILES string of the molecule is Cc1nc(SCCNCC2CCCCC2)n[nH]1. The Balaban J connectivity index is 1.51. The Labute approximate surface area is 107 Å². The van der Waals surface area contributed by atoms with E-state index in [4.69, 9.17) is 0 Å². The van der Waals surface area contributed by atoms with E-state index in [9.17, 15) is 0 Å². The van der Waals surface area contributed by atoms with Crippen molar-refractivity contribution in [2.45, 2.75) is 44.2 Å². The van der Waals surface area contributed by atoms with Crippen LogP contribution in [-0.2, 0) is 0 Å². The molecule has 17 heavy (non-hydrogen) atoms. The second kappa shape index (κ2) is 7.01. The van der Waals surface area contributed by atoms with Crippen LogP contribution in [0.1, 0.15) is 37.9 Å². The highest BCUT2D eigenvalue weighted by molar-refractivity contribution is 7.99. The van der Waals surface area contributed by atoms with Crippen LogP contribution in [0, 0.1) is 12.8 Å². The number of nitrogens with zero attached hydrogens (tertiary/aromatic N) is 2. The summed E-state index contributed by atoms with van der Waals surface area (Å²) in [6.07, 6.45) is 7.13. The molecule has 0 aromatic carbocycles. The summed E-state index contributed by atoms with van der Waals surface area (Å²) in [4.78, 5) is 4.27. The van der Waals surface area contributed by atoms with Crippen LogP contribution >= 0.6 is 11.8 Å². The van der Waals surface area contributed by atoms with Gasteiger partial charge in [0.15, 0.2) is 0 Å². The quantitative estimate of drug-likeness (QED) is 0.604. The number of H-pyrrole nitrogens is 1. The molecule has 96 valence electrons. The van der Waals surface area contributed by atoms with Crippen molar-refractivity contribution in [1.82, 2.24) is 20.5 Å². The van der Waals surface area contributed by atoms with Crippen molar-refractivity contribution in [2.24, 2.45) is 5.92 Å². The van der Waals surface area contributed by atoms with Crippen molar-refractivity contribution in [3.63, 3.8) is 0 Å². The van der Waals surface area contributed by atoms with E-state index in [-0.39, 0.29) is 0 Å². The normalized spacial score (nSPS) is 17.5. The highest BCUT2D eigenvalue weighted by Gasteiger charge is 2.12. The van der Waals surface area contributed by atoms with Crippen molar-refractivity contribution in [1.29, 1.82) is 0 Å². The Bertz CT molecular complexity index is 320. The number of thioether (sulfide) groups is 1. The number of rotatable bonds is 6. The van der Waals surface area contributed by atoms with Gasteiger partial charge in [0.25, 0.3) is 0 Å². The lowest BCUT2D eigenvalue weighted by Crippen LogP contribution is -2.26. The van der Waals surface area contributed by atoms with Crippen LogP contribution in [0.25, 0.3) is 0 Å². The predicted molar refractivity (Wildman–Crippen MR) is 71.3 cm³/mol. The zero-order valence-corrected chi connectivity index (χ0v) is 11.4. The minimum absolute atomic E-state index is 0.863. The first-order valence-electron chi connectivity index (χ1n) is 6.57. The third-order valence-electron chi connectivity index (χ3n) is 3.24. The summed E-state index contributed by atoms with van der Waals surface area (Å²) in [7, 11) is 0. The second-order valence-electron chi connectivity index (χ2n) is 4.76. The monoisotopic (exact) mass is 254 g/mol. The summed E-state index contributed by atoms with van der Waals surface area (Å²) >= 11 is 1.71. The number of aromatic amines is 1. The number of hydrogen-bond donors (Lipinski definition) is 2. The van der Waals surface area contributed by atoms with Crippen LogP contribution in [0.5, 0.6) is 0 Å². The van der Waals surface area contributed by atoms with Gasteiger partial charge >= 0.3 is 0 Å².